The van der Waals surface area contributed by atoms with Crippen molar-refractivity contribution in [3.63, 3.8) is 0 Å². The molecular weight excluding hydrogens is 402 g/mol. The van der Waals surface area contributed by atoms with Crippen LogP contribution in [0.5, 0.6) is 5.75 Å². The molecule has 0 fully saturated rings. The average molecular weight is 414 g/mol. The lowest BCUT2D eigenvalue weighted by molar-refractivity contribution is -0.276. The molecule has 0 amide bonds. The fourth-order valence-corrected chi connectivity index (χ4v) is 3.14. The molecule has 0 saturated heterocycles. The van der Waals surface area contributed by atoms with E-state index in [-0.39, 0.29) is 11.8 Å². The summed E-state index contributed by atoms with van der Waals surface area (Å²) < 4.78 is 107. The van der Waals surface area contributed by atoms with Crippen molar-refractivity contribution in [1.82, 2.24) is 0 Å². The minimum atomic E-state index is -5.50. The first kappa shape index (κ1) is 20.7. The van der Waals surface area contributed by atoms with Crippen LogP contribution in [0.15, 0.2) is 35.2 Å². The molecule has 0 atom stereocenters. The first-order valence-electron chi connectivity index (χ1n) is 7.05. The molecule has 0 spiro atoms. The van der Waals surface area contributed by atoms with Crippen molar-refractivity contribution in [1.29, 1.82) is 0 Å². The summed E-state index contributed by atoms with van der Waals surface area (Å²) in [6.45, 7) is 0. The number of sulfonamides is 1. The molecule has 0 unspecified atom stereocenters. The number of nitrogens with one attached hydrogen (secondary N) is 1. The highest BCUT2D eigenvalue weighted by molar-refractivity contribution is 7.92. The highest BCUT2D eigenvalue weighted by Crippen LogP contribution is 2.33. The van der Waals surface area contributed by atoms with Gasteiger partial charge in [0.25, 0.3) is 10.0 Å². The molecule has 2 rings (SSSR count). The van der Waals surface area contributed by atoms with E-state index in [9.17, 15) is 34.8 Å². The molecule has 1 N–H and O–H groups in total. The van der Waals surface area contributed by atoms with Gasteiger partial charge in [0.2, 0.25) is 11.6 Å². The minimum absolute atomic E-state index is 0.0589. The monoisotopic (exact) mass is 414 g/mol. The summed E-state index contributed by atoms with van der Waals surface area (Å²) in [5.41, 5.74) is 0.645. The van der Waals surface area contributed by atoms with Crippen LogP contribution in [0.2, 0.25) is 0 Å². The van der Waals surface area contributed by atoms with Gasteiger partial charge in [0.1, 0.15) is 4.90 Å². The van der Waals surface area contributed by atoms with Crippen LogP contribution in [0.25, 0.3) is 0 Å². The van der Waals surface area contributed by atoms with Gasteiger partial charge in [-0.2, -0.15) is 4.39 Å². The fourth-order valence-electron chi connectivity index (χ4n) is 2.00. The summed E-state index contributed by atoms with van der Waals surface area (Å²) in [5, 5.41) is 0. The maximum atomic E-state index is 14.0. The third-order valence-corrected chi connectivity index (χ3v) is 4.61. The molecule has 0 heterocycles. The van der Waals surface area contributed by atoms with Gasteiger partial charge in [-0.1, -0.05) is 0 Å². The second kappa shape index (κ2) is 7.18. The molecule has 0 bridgehead atoms. The number of hydrogen-bond donors (Lipinski definition) is 1. The number of rotatable bonds is 5. The predicted molar refractivity (Wildman–Crippen MR) is 84.6 cm³/mol. The van der Waals surface area contributed by atoms with E-state index in [2.05, 4.69) is 4.74 Å². The molecule has 2 aromatic rings. The Bertz CT molecular complexity index is 944. The van der Waals surface area contributed by atoms with Crippen LogP contribution in [0, 0.1) is 17.5 Å². The summed E-state index contributed by atoms with van der Waals surface area (Å²) in [6, 6.07) is 5.53. The highest BCUT2D eigenvalue weighted by Gasteiger charge is 2.37. The second-order valence-electron chi connectivity index (χ2n) is 5.41. The fraction of sp³-hybridized carbons (Fsp3) is 0.200. The summed E-state index contributed by atoms with van der Waals surface area (Å²) in [7, 11) is -1.38. The molecule has 12 heteroatoms. The zero-order chi connectivity index (χ0) is 20.6. The first-order valence-corrected chi connectivity index (χ1v) is 8.53. The molecule has 0 saturated carbocycles. The molecular formula is C15H12F6N2O3S. The van der Waals surface area contributed by atoms with E-state index < -0.39 is 44.5 Å². The molecule has 5 nitrogen and oxygen atoms in total. The lowest BCUT2D eigenvalue weighted by atomic mass is 10.3. The number of halogens is 6. The van der Waals surface area contributed by atoms with Gasteiger partial charge in [-0.3, -0.25) is 4.72 Å². The van der Waals surface area contributed by atoms with Crippen molar-refractivity contribution in [2.24, 2.45) is 0 Å². The number of ether oxygens (including phenoxy) is 1. The normalized spacial score (nSPS) is 12.0. The smallest absolute Gasteiger partial charge is 0.399 e. The Kier molecular flexibility index (Phi) is 5.50. The van der Waals surface area contributed by atoms with Crippen LogP contribution in [0.4, 0.5) is 37.7 Å². The van der Waals surface area contributed by atoms with Crippen molar-refractivity contribution >= 4 is 21.4 Å². The van der Waals surface area contributed by atoms with Gasteiger partial charge < -0.3 is 9.64 Å². The Morgan fingerprint density at radius 2 is 1.56 bits per heavy atom. The highest BCUT2D eigenvalue weighted by atomic mass is 32.2. The molecule has 0 aromatic heterocycles. The number of hydrogen-bond acceptors (Lipinski definition) is 4. The first-order chi connectivity index (χ1) is 12.3. The van der Waals surface area contributed by atoms with Crippen LogP contribution in [0.3, 0.4) is 0 Å². The Morgan fingerprint density at radius 3 is 2.04 bits per heavy atom. The maximum Gasteiger partial charge on any atom is 0.573 e. The van der Waals surface area contributed by atoms with Crippen LogP contribution >= 0.6 is 0 Å². The second-order valence-corrected chi connectivity index (χ2v) is 7.06. The van der Waals surface area contributed by atoms with Gasteiger partial charge in [0, 0.05) is 31.5 Å². The Morgan fingerprint density at radius 1 is 1.00 bits per heavy atom. The molecule has 0 aliphatic heterocycles. The van der Waals surface area contributed by atoms with Crippen LogP contribution in [0.1, 0.15) is 0 Å². The van der Waals surface area contributed by atoms with Crippen molar-refractivity contribution in [2.45, 2.75) is 11.3 Å². The summed E-state index contributed by atoms with van der Waals surface area (Å²) in [5.74, 6) is -8.76. The predicted octanol–water partition coefficient (Wildman–Crippen LogP) is 3.87. The van der Waals surface area contributed by atoms with E-state index in [0.29, 0.717) is 5.69 Å². The van der Waals surface area contributed by atoms with Gasteiger partial charge in [-0.15, -0.1) is 13.2 Å². The molecule has 27 heavy (non-hydrogen) atoms. The van der Waals surface area contributed by atoms with Crippen LogP contribution in [-0.4, -0.2) is 28.9 Å². The lowest BCUT2D eigenvalue weighted by Crippen LogP contribution is -2.21. The standard InChI is InChI=1S/C15H12F6N2O3S/c1-23(2)9-5-3-8(4-6-9)22-27(24,25)11-7-10(16)14(13(18)12(11)17)26-15(19,20)21/h3-7,22H,1-2H3. The third kappa shape index (κ3) is 4.76. The maximum absolute atomic E-state index is 14.0. The van der Waals surface area contributed by atoms with Crippen molar-refractivity contribution < 1.29 is 39.5 Å². The van der Waals surface area contributed by atoms with E-state index in [4.69, 9.17) is 0 Å². The topological polar surface area (TPSA) is 58.6 Å². The quantitative estimate of drug-likeness (QED) is 0.596. The summed E-state index contributed by atoms with van der Waals surface area (Å²) in [4.78, 5) is 0.200. The van der Waals surface area contributed by atoms with Crippen molar-refractivity contribution in [3.05, 3.63) is 47.8 Å². The molecule has 0 aliphatic rings. The molecule has 148 valence electrons. The van der Waals surface area contributed by atoms with E-state index in [1.807, 2.05) is 4.72 Å². The number of alkyl halides is 3. The third-order valence-electron chi connectivity index (χ3n) is 3.23. The van der Waals surface area contributed by atoms with Gasteiger partial charge >= 0.3 is 6.36 Å². The van der Waals surface area contributed by atoms with Gasteiger partial charge in [0.15, 0.2) is 11.6 Å². The summed E-state index contributed by atoms with van der Waals surface area (Å²) in [6.07, 6.45) is -5.50. The van der Waals surface area contributed by atoms with Crippen molar-refractivity contribution in [2.75, 3.05) is 23.7 Å². The Balaban J connectivity index is 2.41. The Labute approximate surface area is 150 Å². The largest absolute Gasteiger partial charge is 0.573 e. The molecule has 0 radical (unpaired) electrons. The van der Waals surface area contributed by atoms with Gasteiger partial charge in [0.05, 0.1) is 0 Å². The minimum Gasteiger partial charge on any atom is -0.399 e. The van der Waals surface area contributed by atoms with E-state index in [1.54, 1.807) is 19.0 Å². The zero-order valence-electron chi connectivity index (χ0n) is 13.7. The van der Waals surface area contributed by atoms with E-state index in [1.165, 1.54) is 24.3 Å². The number of benzene rings is 2. The zero-order valence-corrected chi connectivity index (χ0v) is 14.6. The summed E-state index contributed by atoms with van der Waals surface area (Å²) >= 11 is 0. The number of anilines is 2. The van der Waals surface area contributed by atoms with E-state index >= 15 is 0 Å². The Hall–Kier alpha value is -2.63. The molecule has 0 aliphatic carbocycles. The lowest BCUT2D eigenvalue weighted by Gasteiger charge is -2.15. The van der Waals surface area contributed by atoms with Crippen LogP contribution < -0.4 is 14.4 Å². The van der Waals surface area contributed by atoms with E-state index in [0.717, 1.165) is 0 Å². The average Bonchev–Trinajstić information content (AvgIpc) is 2.54. The molecule has 2 aromatic carbocycles. The number of nitrogens with zero attached hydrogens (tertiary/aromatic N) is 1. The van der Waals surface area contributed by atoms with Gasteiger partial charge in [-0.25, -0.2) is 17.2 Å². The van der Waals surface area contributed by atoms with Crippen molar-refractivity contribution in [3.8, 4) is 5.75 Å². The van der Waals surface area contributed by atoms with Gasteiger partial charge in [-0.05, 0) is 24.3 Å². The van der Waals surface area contributed by atoms with Crippen LogP contribution in [-0.2, 0) is 10.0 Å². The SMILES string of the molecule is CN(C)c1ccc(NS(=O)(=O)c2cc(F)c(OC(F)(F)F)c(F)c2F)cc1.